The molecule has 1 saturated heterocycles. The van der Waals surface area contributed by atoms with Gasteiger partial charge in [0.25, 0.3) is 0 Å². The van der Waals surface area contributed by atoms with Gasteiger partial charge in [0.05, 0.1) is 12.1 Å². The van der Waals surface area contributed by atoms with Crippen LogP contribution in [0, 0.1) is 0 Å². The highest BCUT2D eigenvalue weighted by molar-refractivity contribution is 5.77. The van der Waals surface area contributed by atoms with E-state index in [1.807, 2.05) is 58.3 Å². The lowest BCUT2D eigenvalue weighted by Gasteiger charge is -2.28. The Labute approximate surface area is 142 Å². The molecule has 24 heavy (non-hydrogen) atoms. The summed E-state index contributed by atoms with van der Waals surface area (Å²) in [6, 6.07) is 15.6. The highest BCUT2D eigenvalue weighted by Crippen LogP contribution is 2.30. The Bertz CT molecular complexity index is 650. The van der Waals surface area contributed by atoms with Crippen LogP contribution in [0.1, 0.15) is 37.1 Å². The minimum atomic E-state index is 0.0294. The van der Waals surface area contributed by atoms with Crippen LogP contribution >= 0.6 is 0 Å². The molecular formula is C19H24N4O. The minimum Gasteiger partial charge on any atom is -0.399 e. The Morgan fingerprint density at radius 3 is 1.42 bits per heavy atom. The predicted octanol–water partition coefficient (Wildman–Crippen LogP) is 3.41. The number of nitrogens with zero attached hydrogens (tertiary/aromatic N) is 2. The van der Waals surface area contributed by atoms with Gasteiger partial charge in [-0.2, -0.15) is 0 Å². The number of benzene rings is 2. The predicted molar refractivity (Wildman–Crippen MR) is 97.3 cm³/mol. The van der Waals surface area contributed by atoms with Crippen LogP contribution in [0.25, 0.3) is 0 Å². The molecule has 4 N–H and O–H groups in total. The fraction of sp³-hybridized carbons (Fsp3) is 0.316. The molecule has 0 spiro atoms. The quantitative estimate of drug-likeness (QED) is 0.846. The van der Waals surface area contributed by atoms with Crippen molar-refractivity contribution in [1.82, 2.24) is 9.80 Å². The summed E-state index contributed by atoms with van der Waals surface area (Å²) in [4.78, 5) is 16.7. The standard InChI is InChI=1S/C19H24N4O/c1-13(15-3-7-17(20)8-4-15)22-11-12-23(19(22)24)14(2)16-5-9-18(21)10-6-16/h3-10,13-14H,11-12,20-21H2,1-2H3. The molecule has 3 rings (SSSR count). The first-order valence-electron chi connectivity index (χ1n) is 8.25. The summed E-state index contributed by atoms with van der Waals surface area (Å²) >= 11 is 0. The second-order valence-electron chi connectivity index (χ2n) is 6.35. The van der Waals surface area contributed by atoms with Gasteiger partial charge in [-0.1, -0.05) is 24.3 Å². The average Bonchev–Trinajstić information content (AvgIpc) is 2.96. The summed E-state index contributed by atoms with van der Waals surface area (Å²) in [5.74, 6) is 0. The smallest absolute Gasteiger partial charge is 0.321 e. The summed E-state index contributed by atoms with van der Waals surface area (Å²) < 4.78 is 0. The van der Waals surface area contributed by atoms with Crippen LogP contribution in [0.4, 0.5) is 16.2 Å². The number of carbonyl (C=O) groups is 1. The molecule has 1 aliphatic heterocycles. The normalized spacial score (nSPS) is 17.2. The number of amides is 2. The van der Waals surface area contributed by atoms with Gasteiger partial charge in [-0.3, -0.25) is 0 Å². The Hall–Kier alpha value is -2.69. The van der Waals surface area contributed by atoms with Crippen LogP contribution in [0.3, 0.4) is 0 Å². The van der Waals surface area contributed by atoms with Gasteiger partial charge < -0.3 is 21.3 Å². The van der Waals surface area contributed by atoms with Crippen LogP contribution in [-0.4, -0.2) is 28.9 Å². The van der Waals surface area contributed by atoms with Gasteiger partial charge in [-0.15, -0.1) is 0 Å². The molecule has 5 heteroatoms. The molecule has 126 valence electrons. The minimum absolute atomic E-state index is 0.0294. The summed E-state index contributed by atoms with van der Waals surface area (Å²) in [5, 5.41) is 0. The Kier molecular flexibility index (Phi) is 4.34. The zero-order chi connectivity index (χ0) is 17.3. The second kappa shape index (κ2) is 6.43. The monoisotopic (exact) mass is 324 g/mol. The maximum absolute atomic E-state index is 12.9. The molecule has 0 saturated carbocycles. The topological polar surface area (TPSA) is 75.6 Å². The van der Waals surface area contributed by atoms with Gasteiger partial charge in [0.1, 0.15) is 0 Å². The fourth-order valence-electron chi connectivity index (χ4n) is 3.20. The van der Waals surface area contributed by atoms with Gasteiger partial charge >= 0.3 is 6.03 Å². The van der Waals surface area contributed by atoms with Crippen molar-refractivity contribution in [2.75, 3.05) is 24.6 Å². The van der Waals surface area contributed by atoms with E-state index in [4.69, 9.17) is 11.5 Å². The molecule has 0 aliphatic carbocycles. The van der Waals surface area contributed by atoms with Gasteiger partial charge in [0.15, 0.2) is 0 Å². The van der Waals surface area contributed by atoms with Crippen molar-refractivity contribution in [3.8, 4) is 0 Å². The third-order valence-corrected chi connectivity index (χ3v) is 4.85. The fourth-order valence-corrected chi connectivity index (χ4v) is 3.20. The number of urea groups is 1. The summed E-state index contributed by atoms with van der Waals surface area (Å²) in [6.45, 7) is 5.56. The molecule has 1 fully saturated rings. The summed E-state index contributed by atoms with van der Waals surface area (Å²) in [7, 11) is 0. The van der Waals surface area contributed by atoms with Crippen molar-refractivity contribution in [3.05, 3.63) is 59.7 Å². The van der Waals surface area contributed by atoms with E-state index in [1.54, 1.807) is 0 Å². The maximum Gasteiger partial charge on any atom is 0.321 e. The lowest BCUT2D eigenvalue weighted by molar-refractivity contribution is 0.170. The van der Waals surface area contributed by atoms with Gasteiger partial charge in [0.2, 0.25) is 0 Å². The zero-order valence-corrected chi connectivity index (χ0v) is 14.1. The molecule has 2 aromatic carbocycles. The van der Waals surface area contributed by atoms with Crippen LogP contribution in [0.5, 0.6) is 0 Å². The molecule has 5 nitrogen and oxygen atoms in total. The average molecular weight is 324 g/mol. The first-order chi connectivity index (χ1) is 11.5. The number of anilines is 2. The number of hydrogen-bond acceptors (Lipinski definition) is 3. The van der Waals surface area contributed by atoms with E-state index < -0.39 is 0 Å². The number of nitrogen functional groups attached to an aromatic ring is 2. The Morgan fingerprint density at radius 1 is 0.750 bits per heavy atom. The van der Waals surface area contributed by atoms with Crippen molar-refractivity contribution in [2.24, 2.45) is 0 Å². The van der Waals surface area contributed by atoms with E-state index in [0.717, 1.165) is 35.6 Å². The summed E-state index contributed by atoms with van der Waals surface area (Å²) in [5.41, 5.74) is 15.2. The molecule has 1 heterocycles. The molecule has 1 aliphatic rings. The molecule has 2 amide bonds. The molecule has 2 aromatic rings. The van der Waals surface area contributed by atoms with Gasteiger partial charge in [0, 0.05) is 24.5 Å². The van der Waals surface area contributed by atoms with Crippen LogP contribution in [-0.2, 0) is 0 Å². The van der Waals surface area contributed by atoms with E-state index in [0.29, 0.717) is 0 Å². The molecule has 0 radical (unpaired) electrons. The lowest BCUT2D eigenvalue weighted by atomic mass is 10.1. The summed E-state index contributed by atoms with van der Waals surface area (Å²) in [6.07, 6.45) is 0. The molecular weight excluding hydrogens is 300 g/mol. The first kappa shape index (κ1) is 16.2. The van der Waals surface area contributed by atoms with Crippen LogP contribution < -0.4 is 11.5 Å². The molecule has 0 bridgehead atoms. The highest BCUT2D eigenvalue weighted by Gasteiger charge is 2.35. The number of carbonyl (C=O) groups excluding carboxylic acids is 1. The highest BCUT2D eigenvalue weighted by atomic mass is 16.2. The third kappa shape index (κ3) is 3.02. The van der Waals surface area contributed by atoms with Crippen molar-refractivity contribution in [3.63, 3.8) is 0 Å². The van der Waals surface area contributed by atoms with Crippen LogP contribution in [0.15, 0.2) is 48.5 Å². The van der Waals surface area contributed by atoms with Crippen molar-refractivity contribution < 1.29 is 4.79 Å². The van der Waals surface area contributed by atoms with Crippen molar-refractivity contribution in [2.45, 2.75) is 25.9 Å². The van der Waals surface area contributed by atoms with E-state index in [9.17, 15) is 4.79 Å². The Balaban J connectivity index is 1.74. The number of nitrogens with two attached hydrogens (primary N) is 2. The SMILES string of the molecule is CC(c1ccc(N)cc1)N1CCN(C(C)c2ccc(N)cc2)C1=O. The van der Waals surface area contributed by atoms with E-state index in [2.05, 4.69) is 13.8 Å². The van der Waals surface area contributed by atoms with Crippen molar-refractivity contribution in [1.29, 1.82) is 0 Å². The second-order valence-corrected chi connectivity index (χ2v) is 6.35. The lowest BCUT2D eigenvalue weighted by Crippen LogP contribution is -2.35. The van der Waals surface area contributed by atoms with E-state index in [1.165, 1.54) is 0 Å². The number of hydrogen-bond donors (Lipinski definition) is 2. The first-order valence-corrected chi connectivity index (χ1v) is 8.25. The maximum atomic E-state index is 12.9. The molecule has 0 aromatic heterocycles. The number of rotatable bonds is 4. The van der Waals surface area contributed by atoms with E-state index >= 15 is 0 Å². The Morgan fingerprint density at radius 2 is 1.08 bits per heavy atom. The van der Waals surface area contributed by atoms with Crippen LogP contribution in [0.2, 0.25) is 0 Å². The largest absolute Gasteiger partial charge is 0.399 e. The van der Waals surface area contributed by atoms with Crippen molar-refractivity contribution >= 4 is 17.4 Å². The molecule has 2 unspecified atom stereocenters. The molecule has 2 atom stereocenters. The zero-order valence-electron chi connectivity index (χ0n) is 14.1. The van der Waals surface area contributed by atoms with Gasteiger partial charge in [-0.05, 0) is 49.2 Å². The van der Waals surface area contributed by atoms with Gasteiger partial charge in [-0.25, -0.2) is 4.79 Å². The third-order valence-electron chi connectivity index (χ3n) is 4.85. The van der Waals surface area contributed by atoms with E-state index in [-0.39, 0.29) is 18.1 Å².